The lowest BCUT2D eigenvalue weighted by Crippen LogP contribution is -2.40. The molecule has 0 spiro atoms. The molecule has 1 aliphatic rings. The molecule has 5 heteroatoms. The zero-order chi connectivity index (χ0) is 12.6. The maximum atomic E-state index is 11.7. The Balaban J connectivity index is 2.34. The van der Waals surface area contributed by atoms with Crippen molar-refractivity contribution in [3.05, 3.63) is 21.6 Å². The molecule has 0 saturated carbocycles. The smallest absolute Gasteiger partial charge is 0.287 e. The van der Waals surface area contributed by atoms with Crippen LogP contribution >= 0.6 is 11.6 Å². The van der Waals surface area contributed by atoms with Crippen LogP contribution < -0.4 is 10.5 Å². The van der Waals surface area contributed by atoms with Crippen LogP contribution in [0.5, 0.6) is 0 Å². The molecular formula is C12H18ClN3O. The van der Waals surface area contributed by atoms with Crippen molar-refractivity contribution in [3.8, 4) is 0 Å². The quantitative estimate of drug-likeness (QED) is 0.770. The Morgan fingerprint density at radius 2 is 1.94 bits per heavy atom. The summed E-state index contributed by atoms with van der Waals surface area (Å²) in [5, 5.41) is 4.32. The van der Waals surface area contributed by atoms with Gasteiger partial charge in [0.05, 0.1) is 11.9 Å². The molecule has 0 aliphatic carbocycles. The minimum atomic E-state index is -0.227. The highest BCUT2D eigenvalue weighted by Gasteiger charge is 2.24. The number of rotatable bonds is 1. The Morgan fingerprint density at radius 1 is 1.35 bits per heavy atom. The fourth-order valence-corrected chi connectivity index (χ4v) is 2.87. The van der Waals surface area contributed by atoms with Crippen molar-refractivity contribution in [2.45, 2.75) is 20.3 Å². The van der Waals surface area contributed by atoms with Crippen LogP contribution in [0.2, 0.25) is 5.02 Å². The van der Waals surface area contributed by atoms with Gasteiger partial charge in [-0.05, 0) is 18.3 Å². The number of aromatic nitrogens is 2. The largest absolute Gasteiger partial charge is 0.368 e. The summed E-state index contributed by atoms with van der Waals surface area (Å²) in [7, 11) is 1.61. The number of hydrogen-bond acceptors (Lipinski definition) is 3. The summed E-state index contributed by atoms with van der Waals surface area (Å²) in [4.78, 5) is 13.9. The van der Waals surface area contributed by atoms with E-state index in [2.05, 4.69) is 23.8 Å². The minimum Gasteiger partial charge on any atom is -0.368 e. The first-order chi connectivity index (χ1) is 7.99. The standard InChI is InChI=1S/C12H18ClN3O/c1-8-4-9(2)7-16(6-8)10-5-14-15(3)12(17)11(10)13/h5,8-9H,4,6-7H2,1-3H3/t8-,9+. The van der Waals surface area contributed by atoms with Gasteiger partial charge in [0.25, 0.3) is 5.56 Å². The average Bonchev–Trinajstić information content (AvgIpc) is 2.24. The van der Waals surface area contributed by atoms with Gasteiger partial charge in [-0.3, -0.25) is 4.79 Å². The maximum Gasteiger partial charge on any atom is 0.287 e. The van der Waals surface area contributed by atoms with E-state index in [0.29, 0.717) is 11.8 Å². The number of piperidine rings is 1. The highest BCUT2D eigenvalue weighted by molar-refractivity contribution is 6.33. The molecule has 94 valence electrons. The second kappa shape index (κ2) is 4.69. The average molecular weight is 256 g/mol. The Morgan fingerprint density at radius 3 is 2.53 bits per heavy atom. The van der Waals surface area contributed by atoms with Gasteiger partial charge in [-0.2, -0.15) is 5.10 Å². The molecule has 0 aromatic carbocycles. The van der Waals surface area contributed by atoms with Gasteiger partial charge in [-0.1, -0.05) is 25.4 Å². The third-order valence-corrected chi connectivity index (χ3v) is 3.62. The van der Waals surface area contributed by atoms with Gasteiger partial charge in [0.15, 0.2) is 0 Å². The summed E-state index contributed by atoms with van der Waals surface area (Å²) in [6.07, 6.45) is 2.92. The van der Waals surface area contributed by atoms with Gasteiger partial charge in [0, 0.05) is 20.1 Å². The van der Waals surface area contributed by atoms with Gasteiger partial charge < -0.3 is 4.90 Å². The van der Waals surface area contributed by atoms with Crippen molar-refractivity contribution in [1.29, 1.82) is 0 Å². The van der Waals surface area contributed by atoms with Crippen molar-refractivity contribution in [1.82, 2.24) is 9.78 Å². The monoisotopic (exact) mass is 255 g/mol. The first-order valence-electron chi connectivity index (χ1n) is 5.95. The Hall–Kier alpha value is -1.03. The number of hydrogen-bond donors (Lipinski definition) is 0. The van der Waals surface area contributed by atoms with Crippen molar-refractivity contribution in [2.75, 3.05) is 18.0 Å². The van der Waals surface area contributed by atoms with E-state index < -0.39 is 0 Å². The zero-order valence-electron chi connectivity index (χ0n) is 10.5. The van der Waals surface area contributed by atoms with Gasteiger partial charge in [0.2, 0.25) is 0 Å². The van der Waals surface area contributed by atoms with E-state index in [1.807, 2.05) is 0 Å². The third kappa shape index (κ3) is 2.46. The first-order valence-corrected chi connectivity index (χ1v) is 6.33. The number of anilines is 1. The fourth-order valence-electron chi connectivity index (χ4n) is 2.58. The van der Waals surface area contributed by atoms with Gasteiger partial charge in [0.1, 0.15) is 5.02 Å². The SMILES string of the molecule is C[C@@H]1C[C@H](C)CN(c2cnn(C)c(=O)c2Cl)C1. The van der Waals surface area contributed by atoms with Crippen LogP contribution in [-0.4, -0.2) is 22.9 Å². The highest BCUT2D eigenvalue weighted by atomic mass is 35.5. The third-order valence-electron chi connectivity index (χ3n) is 3.27. The lowest BCUT2D eigenvalue weighted by Gasteiger charge is -2.36. The molecule has 2 rings (SSSR count). The molecule has 4 nitrogen and oxygen atoms in total. The molecule has 1 aromatic rings. The lowest BCUT2D eigenvalue weighted by atomic mass is 9.92. The van der Waals surface area contributed by atoms with Crippen LogP contribution in [0.4, 0.5) is 5.69 Å². The molecule has 1 aliphatic heterocycles. The summed E-state index contributed by atoms with van der Waals surface area (Å²) in [6.45, 7) is 6.34. The van der Waals surface area contributed by atoms with Crippen molar-refractivity contribution < 1.29 is 0 Å². The molecule has 0 amide bonds. The van der Waals surface area contributed by atoms with E-state index in [1.165, 1.54) is 11.1 Å². The molecule has 1 aromatic heterocycles. The summed E-state index contributed by atoms with van der Waals surface area (Å²) in [5.41, 5.74) is 0.545. The second-order valence-electron chi connectivity index (χ2n) is 5.12. The molecule has 0 N–H and O–H groups in total. The molecule has 0 unspecified atom stereocenters. The van der Waals surface area contributed by atoms with Gasteiger partial charge >= 0.3 is 0 Å². The number of aryl methyl sites for hydroxylation is 1. The van der Waals surface area contributed by atoms with E-state index in [4.69, 9.17) is 11.6 Å². The minimum absolute atomic E-state index is 0.227. The molecule has 0 radical (unpaired) electrons. The molecule has 1 saturated heterocycles. The van der Waals surface area contributed by atoms with E-state index in [0.717, 1.165) is 18.8 Å². The Bertz CT molecular complexity index is 461. The van der Waals surface area contributed by atoms with Crippen molar-refractivity contribution in [3.63, 3.8) is 0 Å². The van der Waals surface area contributed by atoms with Crippen LogP contribution in [-0.2, 0) is 7.05 Å². The van der Waals surface area contributed by atoms with Crippen LogP contribution in [0.15, 0.2) is 11.0 Å². The highest BCUT2D eigenvalue weighted by Crippen LogP contribution is 2.28. The maximum absolute atomic E-state index is 11.7. The zero-order valence-corrected chi connectivity index (χ0v) is 11.2. The molecular weight excluding hydrogens is 238 g/mol. The summed E-state index contributed by atoms with van der Waals surface area (Å²) >= 11 is 6.11. The normalized spacial score (nSPS) is 25.1. The number of halogens is 1. The van der Waals surface area contributed by atoms with Crippen LogP contribution in [0.25, 0.3) is 0 Å². The van der Waals surface area contributed by atoms with Crippen molar-refractivity contribution in [2.24, 2.45) is 18.9 Å². The Kier molecular flexibility index (Phi) is 3.43. The predicted octanol–water partition coefficient (Wildman–Crippen LogP) is 1.92. The first kappa shape index (κ1) is 12.4. The summed E-state index contributed by atoms with van der Waals surface area (Å²) in [6, 6.07) is 0. The van der Waals surface area contributed by atoms with Gasteiger partial charge in [-0.15, -0.1) is 0 Å². The van der Waals surface area contributed by atoms with Crippen molar-refractivity contribution >= 4 is 17.3 Å². The fraction of sp³-hybridized carbons (Fsp3) is 0.667. The van der Waals surface area contributed by atoms with Crippen LogP contribution in [0.1, 0.15) is 20.3 Å². The molecule has 2 heterocycles. The molecule has 17 heavy (non-hydrogen) atoms. The molecule has 0 bridgehead atoms. The van der Waals surface area contributed by atoms with E-state index in [1.54, 1.807) is 13.2 Å². The number of nitrogens with zero attached hydrogens (tertiary/aromatic N) is 3. The predicted molar refractivity (Wildman–Crippen MR) is 69.6 cm³/mol. The molecule has 1 fully saturated rings. The van der Waals surface area contributed by atoms with E-state index >= 15 is 0 Å². The summed E-state index contributed by atoms with van der Waals surface area (Å²) < 4.78 is 1.27. The molecule has 2 atom stereocenters. The van der Waals surface area contributed by atoms with Crippen LogP contribution in [0.3, 0.4) is 0 Å². The lowest BCUT2D eigenvalue weighted by molar-refractivity contribution is 0.356. The summed E-state index contributed by atoms with van der Waals surface area (Å²) in [5.74, 6) is 1.25. The Labute approximate surface area is 106 Å². The van der Waals surface area contributed by atoms with Crippen LogP contribution in [0, 0.1) is 11.8 Å². The van der Waals surface area contributed by atoms with E-state index in [9.17, 15) is 4.79 Å². The van der Waals surface area contributed by atoms with E-state index in [-0.39, 0.29) is 10.6 Å². The second-order valence-corrected chi connectivity index (χ2v) is 5.50. The van der Waals surface area contributed by atoms with Gasteiger partial charge in [-0.25, -0.2) is 4.68 Å². The topological polar surface area (TPSA) is 38.1 Å².